The maximum absolute atomic E-state index is 11.8. The summed E-state index contributed by atoms with van der Waals surface area (Å²) in [4.78, 5) is 13.6. The average molecular weight is 228 g/mol. The van der Waals surface area contributed by atoms with E-state index in [4.69, 9.17) is 9.47 Å². The Hall–Kier alpha value is -0.810. The van der Waals surface area contributed by atoms with Crippen molar-refractivity contribution in [3.8, 4) is 0 Å². The first-order chi connectivity index (χ1) is 7.76. The van der Waals surface area contributed by atoms with Gasteiger partial charge in [-0.1, -0.05) is 0 Å². The second-order valence-electron chi connectivity index (χ2n) is 4.50. The van der Waals surface area contributed by atoms with Gasteiger partial charge in [-0.05, 0) is 19.3 Å². The minimum Gasteiger partial charge on any atom is -0.378 e. The Kier molecular flexibility index (Phi) is 3.66. The molecule has 1 saturated carbocycles. The van der Waals surface area contributed by atoms with E-state index in [9.17, 15) is 4.79 Å². The Morgan fingerprint density at radius 3 is 2.62 bits per heavy atom. The molecule has 5 heteroatoms. The second kappa shape index (κ2) is 5.01. The van der Waals surface area contributed by atoms with Gasteiger partial charge in [-0.15, -0.1) is 0 Å². The van der Waals surface area contributed by atoms with Gasteiger partial charge in [-0.25, -0.2) is 4.79 Å². The first kappa shape index (κ1) is 11.7. The first-order valence-corrected chi connectivity index (χ1v) is 5.91. The van der Waals surface area contributed by atoms with E-state index in [1.54, 1.807) is 12.0 Å². The number of methoxy groups -OCH3 is 1. The van der Waals surface area contributed by atoms with Gasteiger partial charge in [0.1, 0.15) is 0 Å². The quantitative estimate of drug-likeness (QED) is 0.769. The number of rotatable bonds is 3. The molecule has 0 aromatic carbocycles. The Labute approximate surface area is 96.1 Å². The molecule has 1 N–H and O–H groups in total. The highest BCUT2D eigenvalue weighted by molar-refractivity contribution is 5.74. The number of urea groups is 1. The van der Waals surface area contributed by atoms with Crippen molar-refractivity contribution in [1.82, 2.24) is 10.2 Å². The number of hydrogen-bond acceptors (Lipinski definition) is 3. The van der Waals surface area contributed by atoms with Crippen LogP contribution >= 0.6 is 0 Å². The van der Waals surface area contributed by atoms with Gasteiger partial charge in [-0.3, -0.25) is 0 Å². The van der Waals surface area contributed by atoms with Crippen molar-refractivity contribution in [2.75, 3.05) is 40.0 Å². The fraction of sp³-hybridized carbons (Fsp3) is 0.909. The van der Waals surface area contributed by atoms with E-state index in [-0.39, 0.29) is 11.6 Å². The SMILES string of the molecule is COC1(CNC(=O)N2CCOCC2)CCC1. The van der Waals surface area contributed by atoms with E-state index in [0.29, 0.717) is 32.8 Å². The van der Waals surface area contributed by atoms with E-state index in [1.165, 1.54) is 6.42 Å². The van der Waals surface area contributed by atoms with Crippen LogP contribution in [0.2, 0.25) is 0 Å². The maximum Gasteiger partial charge on any atom is 0.317 e. The molecule has 0 unspecified atom stereocenters. The predicted molar refractivity (Wildman–Crippen MR) is 59.4 cm³/mol. The summed E-state index contributed by atoms with van der Waals surface area (Å²) in [5.41, 5.74) is -0.0953. The first-order valence-electron chi connectivity index (χ1n) is 5.91. The Morgan fingerprint density at radius 2 is 2.12 bits per heavy atom. The number of morpholine rings is 1. The number of nitrogens with one attached hydrogen (secondary N) is 1. The van der Waals surface area contributed by atoms with Crippen LogP contribution in [0, 0.1) is 0 Å². The highest BCUT2D eigenvalue weighted by atomic mass is 16.5. The van der Waals surface area contributed by atoms with Gasteiger partial charge < -0.3 is 19.7 Å². The van der Waals surface area contributed by atoms with Crippen LogP contribution in [-0.4, -0.2) is 56.5 Å². The van der Waals surface area contributed by atoms with Crippen LogP contribution in [0.4, 0.5) is 4.79 Å². The fourth-order valence-corrected chi connectivity index (χ4v) is 2.14. The van der Waals surface area contributed by atoms with E-state index >= 15 is 0 Å². The van der Waals surface area contributed by atoms with Gasteiger partial charge in [0.25, 0.3) is 0 Å². The van der Waals surface area contributed by atoms with Crippen LogP contribution in [0.15, 0.2) is 0 Å². The van der Waals surface area contributed by atoms with Gasteiger partial charge in [-0.2, -0.15) is 0 Å². The predicted octanol–water partition coefficient (Wildman–Crippen LogP) is 0.597. The van der Waals surface area contributed by atoms with E-state index in [2.05, 4.69) is 5.32 Å². The summed E-state index contributed by atoms with van der Waals surface area (Å²) in [5, 5.41) is 2.95. The zero-order valence-corrected chi connectivity index (χ0v) is 9.83. The van der Waals surface area contributed by atoms with Crippen LogP contribution in [0.3, 0.4) is 0 Å². The van der Waals surface area contributed by atoms with E-state index in [1.807, 2.05) is 0 Å². The largest absolute Gasteiger partial charge is 0.378 e. The van der Waals surface area contributed by atoms with Crippen molar-refractivity contribution in [3.05, 3.63) is 0 Å². The van der Waals surface area contributed by atoms with Crippen molar-refractivity contribution in [3.63, 3.8) is 0 Å². The molecular weight excluding hydrogens is 208 g/mol. The van der Waals surface area contributed by atoms with Crippen molar-refractivity contribution in [1.29, 1.82) is 0 Å². The van der Waals surface area contributed by atoms with Crippen molar-refractivity contribution < 1.29 is 14.3 Å². The molecule has 0 aromatic rings. The summed E-state index contributed by atoms with van der Waals surface area (Å²) in [5.74, 6) is 0. The van der Waals surface area contributed by atoms with Crippen LogP contribution < -0.4 is 5.32 Å². The van der Waals surface area contributed by atoms with Crippen molar-refractivity contribution in [2.45, 2.75) is 24.9 Å². The Bertz CT molecular complexity index is 242. The lowest BCUT2D eigenvalue weighted by Gasteiger charge is -2.41. The molecule has 16 heavy (non-hydrogen) atoms. The highest BCUT2D eigenvalue weighted by Gasteiger charge is 2.37. The summed E-state index contributed by atoms with van der Waals surface area (Å²) in [6.45, 7) is 3.28. The second-order valence-corrected chi connectivity index (χ2v) is 4.50. The zero-order chi connectivity index (χ0) is 11.4. The van der Waals surface area contributed by atoms with Gasteiger partial charge in [0.15, 0.2) is 0 Å². The molecule has 1 heterocycles. The molecule has 5 nitrogen and oxygen atoms in total. The summed E-state index contributed by atoms with van der Waals surface area (Å²) >= 11 is 0. The minimum absolute atomic E-state index is 0.00613. The standard InChI is InChI=1S/C11H20N2O3/c1-15-11(3-2-4-11)9-12-10(14)13-5-7-16-8-6-13/h2-9H2,1H3,(H,12,14). The topological polar surface area (TPSA) is 50.8 Å². The summed E-state index contributed by atoms with van der Waals surface area (Å²) < 4.78 is 10.7. The van der Waals surface area contributed by atoms with E-state index in [0.717, 1.165) is 12.8 Å². The van der Waals surface area contributed by atoms with E-state index < -0.39 is 0 Å². The molecule has 2 aliphatic rings. The maximum atomic E-state index is 11.8. The average Bonchev–Trinajstić information content (AvgIpc) is 2.29. The number of ether oxygens (including phenoxy) is 2. The molecule has 0 radical (unpaired) electrons. The lowest BCUT2D eigenvalue weighted by molar-refractivity contribution is -0.0682. The van der Waals surface area contributed by atoms with Crippen molar-refractivity contribution >= 4 is 6.03 Å². The fourth-order valence-electron chi connectivity index (χ4n) is 2.14. The summed E-state index contributed by atoms with van der Waals surface area (Å²) in [6, 6.07) is 0.00613. The van der Waals surface area contributed by atoms with Gasteiger partial charge in [0, 0.05) is 26.7 Å². The number of carbonyl (C=O) groups excluding carboxylic acids is 1. The molecule has 2 fully saturated rings. The summed E-state index contributed by atoms with van der Waals surface area (Å²) in [7, 11) is 1.72. The summed E-state index contributed by atoms with van der Waals surface area (Å²) in [6.07, 6.45) is 3.29. The lowest BCUT2D eigenvalue weighted by atomic mass is 9.80. The number of hydrogen-bond donors (Lipinski definition) is 1. The van der Waals surface area contributed by atoms with Crippen molar-refractivity contribution in [2.24, 2.45) is 0 Å². The third-order valence-corrected chi connectivity index (χ3v) is 3.56. The molecule has 0 spiro atoms. The van der Waals surface area contributed by atoms with Crippen LogP contribution in [0.5, 0.6) is 0 Å². The molecule has 92 valence electrons. The minimum atomic E-state index is -0.0953. The monoisotopic (exact) mass is 228 g/mol. The molecule has 1 saturated heterocycles. The zero-order valence-electron chi connectivity index (χ0n) is 9.83. The molecule has 0 aromatic heterocycles. The van der Waals surface area contributed by atoms with Gasteiger partial charge in [0.2, 0.25) is 0 Å². The Balaban J connectivity index is 1.74. The highest BCUT2D eigenvalue weighted by Crippen LogP contribution is 2.34. The molecular formula is C11H20N2O3. The molecule has 2 rings (SSSR count). The molecule has 1 aliphatic carbocycles. The number of nitrogens with zero attached hydrogens (tertiary/aromatic N) is 1. The number of carbonyl (C=O) groups is 1. The third kappa shape index (κ3) is 2.47. The number of amides is 2. The van der Waals surface area contributed by atoms with Crippen LogP contribution in [0.25, 0.3) is 0 Å². The normalized spacial score (nSPS) is 23.7. The molecule has 0 bridgehead atoms. The molecule has 2 amide bonds. The van der Waals surface area contributed by atoms with Gasteiger partial charge >= 0.3 is 6.03 Å². The lowest BCUT2D eigenvalue weighted by Crippen LogP contribution is -2.53. The Morgan fingerprint density at radius 1 is 1.44 bits per heavy atom. The third-order valence-electron chi connectivity index (χ3n) is 3.56. The van der Waals surface area contributed by atoms with Crippen LogP contribution in [0.1, 0.15) is 19.3 Å². The smallest absolute Gasteiger partial charge is 0.317 e. The molecule has 0 atom stereocenters. The van der Waals surface area contributed by atoms with Gasteiger partial charge in [0.05, 0.1) is 18.8 Å². The van der Waals surface area contributed by atoms with Crippen LogP contribution in [-0.2, 0) is 9.47 Å². The molecule has 1 aliphatic heterocycles.